The molecule has 0 saturated carbocycles. The highest BCUT2D eigenvalue weighted by molar-refractivity contribution is 5.17. The van der Waals surface area contributed by atoms with E-state index in [-0.39, 0.29) is 5.82 Å². The van der Waals surface area contributed by atoms with Crippen LogP contribution in [0.4, 0.5) is 4.39 Å². The molecule has 1 rings (SSSR count). The molecule has 0 radical (unpaired) electrons. The number of halogens is 1. The molecule has 0 atom stereocenters. The van der Waals surface area contributed by atoms with Crippen LogP contribution >= 0.6 is 0 Å². The van der Waals surface area contributed by atoms with Gasteiger partial charge in [0.05, 0.1) is 0 Å². The van der Waals surface area contributed by atoms with Gasteiger partial charge in [0, 0.05) is 13.2 Å². The number of likely N-dealkylation sites (N-methyl/N-ethyl adjacent to an activating group) is 1. The number of nitrogens with zero attached hydrogens (tertiary/aromatic N) is 1. The zero-order chi connectivity index (χ0) is 9.68. The van der Waals surface area contributed by atoms with E-state index in [1.165, 1.54) is 6.07 Å². The summed E-state index contributed by atoms with van der Waals surface area (Å²) in [4.78, 5) is 1.95. The molecule has 0 aliphatic carbocycles. The highest BCUT2D eigenvalue weighted by Gasteiger charge is 2.01. The molecule has 3 heteroatoms. The van der Waals surface area contributed by atoms with Crippen molar-refractivity contribution in [2.24, 2.45) is 5.73 Å². The van der Waals surface area contributed by atoms with E-state index in [1.807, 2.05) is 18.0 Å². The van der Waals surface area contributed by atoms with Gasteiger partial charge in [0.1, 0.15) is 5.82 Å². The first kappa shape index (κ1) is 10.2. The molecule has 72 valence electrons. The molecule has 0 amide bonds. The van der Waals surface area contributed by atoms with Crippen molar-refractivity contribution in [3.05, 3.63) is 35.6 Å². The van der Waals surface area contributed by atoms with E-state index in [2.05, 4.69) is 0 Å². The Morgan fingerprint density at radius 1 is 1.38 bits per heavy atom. The first-order valence-corrected chi connectivity index (χ1v) is 4.36. The van der Waals surface area contributed by atoms with Gasteiger partial charge in [0.2, 0.25) is 0 Å². The summed E-state index contributed by atoms with van der Waals surface area (Å²) in [6.45, 7) is 1.30. The van der Waals surface area contributed by atoms with Crippen LogP contribution in [0.3, 0.4) is 0 Å². The van der Waals surface area contributed by atoms with Crippen molar-refractivity contribution in [2.75, 3.05) is 20.3 Å². The fourth-order valence-electron chi connectivity index (χ4n) is 1.10. The summed E-state index contributed by atoms with van der Waals surface area (Å²) in [5.41, 5.74) is 6.16. The first-order chi connectivity index (χ1) is 6.24. The molecule has 0 saturated heterocycles. The van der Waals surface area contributed by atoms with Crippen molar-refractivity contribution in [1.82, 2.24) is 4.90 Å². The fourth-order valence-corrected chi connectivity index (χ4v) is 1.10. The quantitative estimate of drug-likeness (QED) is 0.709. The second-order valence-electron chi connectivity index (χ2n) is 3.10. The Bertz CT molecular complexity index is 263. The van der Waals surface area contributed by atoms with Gasteiger partial charge in [0.15, 0.2) is 0 Å². The van der Waals surface area contributed by atoms with Gasteiger partial charge in [0.25, 0.3) is 0 Å². The van der Waals surface area contributed by atoms with Crippen molar-refractivity contribution in [2.45, 2.75) is 6.42 Å². The Morgan fingerprint density at radius 3 is 2.69 bits per heavy atom. The van der Waals surface area contributed by atoms with Crippen LogP contribution in [0.25, 0.3) is 0 Å². The number of benzene rings is 1. The van der Waals surface area contributed by atoms with E-state index in [0.29, 0.717) is 13.1 Å². The van der Waals surface area contributed by atoms with Crippen molar-refractivity contribution < 1.29 is 4.39 Å². The Morgan fingerprint density at radius 2 is 2.08 bits per heavy atom. The second kappa shape index (κ2) is 4.94. The summed E-state index contributed by atoms with van der Waals surface area (Å²) in [7, 11) is 1.92. The number of rotatable bonds is 4. The molecule has 1 aromatic rings. The Labute approximate surface area is 78.2 Å². The number of hydrogen-bond donors (Lipinski definition) is 1. The Kier molecular flexibility index (Phi) is 3.86. The predicted octanol–water partition coefficient (Wildman–Crippen LogP) is 1.22. The van der Waals surface area contributed by atoms with E-state index in [1.54, 1.807) is 12.1 Å². The van der Waals surface area contributed by atoms with Gasteiger partial charge in [-0.3, -0.25) is 4.90 Å². The lowest BCUT2D eigenvalue weighted by Gasteiger charge is -2.13. The maximum absolute atomic E-state index is 13.1. The van der Waals surface area contributed by atoms with Crippen LogP contribution < -0.4 is 5.73 Å². The lowest BCUT2D eigenvalue weighted by molar-refractivity contribution is 0.347. The molecule has 0 bridgehead atoms. The summed E-state index contributed by atoms with van der Waals surface area (Å²) in [5, 5.41) is 0. The van der Waals surface area contributed by atoms with Crippen LogP contribution in [0.1, 0.15) is 5.56 Å². The molecule has 1 aromatic carbocycles. The van der Waals surface area contributed by atoms with Crippen molar-refractivity contribution in [3.8, 4) is 0 Å². The predicted molar refractivity (Wildman–Crippen MR) is 51.8 cm³/mol. The molecule has 0 heterocycles. The molecule has 0 fully saturated rings. The third-order valence-corrected chi connectivity index (χ3v) is 2.03. The highest BCUT2D eigenvalue weighted by Crippen LogP contribution is 2.06. The van der Waals surface area contributed by atoms with Crippen LogP contribution in [0, 0.1) is 5.82 Å². The van der Waals surface area contributed by atoms with E-state index in [0.717, 1.165) is 12.1 Å². The molecular weight excluding hydrogens is 167 g/mol. The van der Waals surface area contributed by atoms with Crippen LogP contribution in [-0.2, 0) is 6.42 Å². The second-order valence-corrected chi connectivity index (χ2v) is 3.10. The lowest BCUT2D eigenvalue weighted by Crippen LogP contribution is -2.27. The van der Waals surface area contributed by atoms with E-state index >= 15 is 0 Å². The lowest BCUT2D eigenvalue weighted by atomic mass is 10.1. The van der Waals surface area contributed by atoms with Crippen LogP contribution in [-0.4, -0.2) is 25.2 Å². The summed E-state index contributed by atoms with van der Waals surface area (Å²) in [6.07, 6.45) is 0.709. The normalized spacial score (nSPS) is 10.8. The number of hydrogen-bond acceptors (Lipinski definition) is 2. The monoisotopic (exact) mass is 182 g/mol. The van der Waals surface area contributed by atoms with Gasteiger partial charge in [-0.1, -0.05) is 18.2 Å². The maximum Gasteiger partial charge on any atom is 0.126 e. The number of nitrogens with two attached hydrogens (primary N) is 1. The minimum Gasteiger partial charge on any atom is -0.318 e. The summed E-state index contributed by atoms with van der Waals surface area (Å²) < 4.78 is 13.1. The van der Waals surface area contributed by atoms with Crippen LogP contribution in [0.2, 0.25) is 0 Å². The average Bonchev–Trinajstić information content (AvgIpc) is 2.16. The Hall–Kier alpha value is -0.930. The zero-order valence-electron chi connectivity index (χ0n) is 7.83. The van der Waals surface area contributed by atoms with Crippen LogP contribution in [0.15, 0.2) is 24.3 Å². The van der Waals surface area contributed by atoms with Gasteiger partial charge >= 0.3 is 0 Å². The molecule has 0 aliphatic heterocycles. The minimum atomic E-state index is -0.132. The maximum atomic E-state index is 13.1. The van der Waals surface area contributed by atoms with Gasteiger partial charge in [-0.2, -0.15) is 0 Å². The third kappa shape index (κ3) is 3.13. The van der Waals surface area contributed by atoms with E-state index in [9.17, 15) is 4.39 Å². The molecule has 0 unspecified atom stereocenters. The van der Waals surface area contributed by atoms with Gasteiger partial charge in [-0.25, -0.2) is 4.39 Å². The summed E-state index contributed by atoms with van der Waals surface area (Å²) in [6, 6.07) is 6.84. The summed E-state index contributed by atoms with van der Waals surface area (Å²) in [5.74, 6) is -0.132. The minimum absolute atomic E-state index is 0.132. The van der Waals surface area contributed by atoms with E-state index in [4.69, 9.17) is 5.73 Å². The topological polar surface area (TPSA) is 29.3 Å². The molecule has 2 nitrogen and oxygen atoms in total. The van der Waals surface area contributed by atoms with Crippen molar-refractivity contribution in [1.29, 1.82) is 0 Å². The SMILES string of the molecule is CN(CN)CCc1ccccc1F. The van der Waals surface area contributed by atoms with Gasteiger partial charge in [-0.15, -0.1) is 0 Å². The molecule has 0 aromatic heterocycles. The molecule has 0 spiro atoms. The molecular formula is C10H15FN2. The Balaban J connectivity index is 2.50. The van der Waals surface area contributed by atoms with Crippen LogP contribution in [0.5, 0.6) is 0 Å². The zero-order valence-corrected chi connectivity index (χ0v) is 7.83. The smallest absolute Gasteiger partial charge is 0.126 e. The first-order valence-electron chi connectivity index (χ1n) is 4.36. The van der Waals surface area contributed by atoms with Gasteiger partial charge < -0.3 is 5.73 Å². The molecule has 13 heavy (non-hydrogen) atoms. The van der Waals surface area contributed by atoms with Gasteiger partial charge in [-0.05, 0) is 25.1 Å². The fraction of sp³-hybridized carbons (Fsp3) is 0.400. The van der Waals surface area contributed by atoms with Crippen molar-refractivity contribution in [3.63, 3.8) is 0 Å². The third-order valence-electron chi connectivity index (χ3n) is 2.03. The standard InChI is InChI=1S/C10H15FN2/c1-13(8-12)7-6-9-4-2-3-5-10(9)11/h2-5H,6-8,12H2,1H3. The largest absolute Gasteiger partial charge is 0.318 e. The van der Waals surface area contributed by atoms with E-state index < -0.39 is 0 Å². The molecule has 0 aliphatic rings. The highest BCUT2D eigenvalue weighted by atomic mass is 19.1. The molecule has 2 N–H and O–H groups in total. The summed E-state index contributed by atoms with van der Waals surface area (Å²) >= 11 is 0. The average molecular weight is 182 g/mol. The van der Waals surface area contributed by atoms with Crippen molar-refractivity contribution >= 4 is 0 Å².